The summed E-state index contributed by atoms with van der Waals surface area (Å²) < 4.78 is 39.8. The summed E-state index contributed by atoms with van der Waals surface area (Å²) in [5.41, 5.74) is 0.194. The second-order valence-electron chi connectivity index (χ2n) is 6.55. The van der Waals surface area contributed by atoms with Crippen molar-refractivity contribution in [3.05, 3.63) is 63.9 Å². The summed E-state index contributed by atoms with van der Waals surface area (Å²) in [5.74, 6) is -1.50. The average molecular weight is 474 g/mol. The Kier molecular flexibility index (Phi) is 6.97. The first-order valence-corrected chi connectivity index (χ1v) is 11.1. The van der Waals surface area contributed by atoms with Crippen molar-refractivity contribution in [1.82, 2.24) is 14.5 Å². The molecular weight excluding hydrogens is 456 g/mol. The van der Waals surface area contributed by atoms with E-state index in [9.17, 15) is 22.4 Å². The Morgan fingerprint density at radius 1 is 1.03 bits per heavy atom. The van der Waals surface area contributed by atoms with Crippen molar-refractivity contribution in [3.63, 3.8) is 0 Å². The molecule has 0 saturated carbocycles. The number of carbonyl (C=O) groups excluding carboxylic acids is 2. The first-order valence-electron chi connectivity index (χ1n) is 8.95. The zero-order valence-corrected chi connectivity index (χ0v) is 18.0. The fourth-order valence-corrected chi connectivity index (χ4v) is 4.94. The van der Waals surface area contributed by atoms with Crippen LogP contribution in [0, 0.1) is 5.82 Å². The van der Waals surface area contributed by atoms with Crippen LogP contribution in [-0.4, -0.2) is 62.2 Å². The second-order valence-corrected chi connectivity index (χ2v) is 9.33. The summed E-state index contributed by atoms with van der Waals surface area (Å²) in [6, 6.07) is 9.19. The topological polar surface area (TPSA) is 86.8 Å². The smallest absolute Gasteiger partial charge is 0.253 e. The number of nitrogens with one attached hydrogen (secondary N) is 1. The Labute approximate surface area is 183 Å². The Bertz CT molecular complexity index is 1070. The SMILES string of the molecule is O=C(NCC(=O)N1CCN(S(=O)(=O)c2cccc(F)c2)CC1)c1ccc(Cl)cc1Cl. The van der Waals surface area contributed by atoms with Crippen molar-refractivity contribution in [1.29, 1.82) is 0 Å². The highest BCUT2D eigenvalue weighted by atomic mass is 35.5. The average Bonchev–Trinajstić information content (AvgIpc) is 2.72. The highest BCUT2D eigenvalue weighted by Gasteiger charge is 2.30. The predicted octanol–water partition coefficient (Wildman–Crippen LogP) is 2.40. The van der Waals surface area contributed by atoms with Crippen LogP contribution in [-0.2, 0) is 14.8 Å². The van der Waals surface area contributed by atoms with Gasteiger partial charge in [-0.3, -0.25) is 9.59 Å². The zero-order valence-electron chi connectivity index (χ0n) is 15.6. The van der Waals surface area contributed by atoms with Crippen LogP contribution in [0.5, 0.6) is 0 Å². The van der Waals surface area contributed by atoms with Crippen molar-refractivity contribution in [2.75, 3.05) is 32.7 Å². The van der Waals surface area contributed by atoms with E-state index in [1.165, 1.54) is 45.6 Å². The number of hydrogen-bond acceptors (Lipinski definition) is 4. The second kappa shape index (κ2) is 9.30. The maximum Gasteiger partial charge on any atom is 0.253 e. The van der Waals surface area contributed by atoms with Crippen molar-refractivity contribution in [2.24, 2.45) is 0 Å². The number of hydrogen-bond donors (Lipinski definition) is 1. The number of benzene rings is 2. The highest BCUT2D eigenvalue weighted by molar-refractivity contribution is 7.89. The van der Waals surface area contributed by atoms with Gasteiger partial charge in [-0.1, -0.05) is 29.3 Å². The highest BCUT2D eigenvalue weighted by Crippen LogP contribution is 2.21. The van der Waals surface area contributed by atoms with Gasteiger partial charge in [-0.05, 0) is 36.4 Å². The van der Waals surface area contributed by atoms with Gasteiger partial charge in [0.2, 0.25) is 15.9 Å². The molecule has 0 atom stereocenters. The monoisotopic (exact) mass is 473 g/mol. The van der Waals surface area contributed by atoms with Crippen molar-refractivity contribution < 1.29 is 22.4 Å². The van der Waals surface area contributed by atoms with E-state index >= 15 is 0 Å². The summed E-state index contributed by atoms with van der Waals surface area (Å²) in [6.45, 7) is 0.202. The van der Waals surface area contributed by atoms with Gasteiger partial charge in [-0.15, -0.1) is 0 Å². The Balaban J connectivity index is 1.54. The van der Waals surface area contributed by atoms with E-state index in [0.29, 0.717) is 5.02 Å². The van der Waals surface area contributed by atoms with Gasteiger partial charge in [0.15, 0.2) is 0 Å². The van der Waals surface area contributed by atoms with Crippen molar-refractivity contribution >= 4 is 45.0 Å². The van der Waals surface area contributed by atoms with E-state index in [2.05, 4.69) is 5.32 Å². The third-order valence-electron chi connectivity index (χ3n) is 4.60. The van der Waals surface area contributed by atoms with Gasteiger partial charge in [-0.25, -0.2) is 12.8 Å². The van der Waals surface area contributed by atoms with Gasteiger partial charge < -0.3 is 10.2 Å². The molecule has 1 saturated heterocycles. The molecule has 2 aromatic rings. The lowest BCUT2D eigenvalue weighted by Crippen LogP contribution is -2.52. The molecule has 1 fully saturated rings. The molecule has 0 bridgehead atoms. The number of amides is 2. The minimum Gasteiger partial charge on any atom is -0.343 e. The third kappa shape index (κ3) is 5.10. The molecular formula is C19H18Cl2FN3O4S. The molecule has 2 aromatic carbocycles. The van der Waals surface area contributed by atoms with Gasteiger partial charge in [0.25, 0.3) is 5.91 Å². The number of carbonyl (C=O) groups is 2. The van der Waals surface area contributed by atoms with Gasteiger partial charge in [-0.2, -0.15) is 4.31 Å². The van der Waals surface area contributed by atoms with E-state index in [1.54, 1.807) is 0 Å². The summed E-state index contributed by atoms with van der Waals surface area (Å²) in [5, 5.41) is 3.06. The quantitative estimate of drug-likeness (QED) is 0.721. The van der Waals surface area contributed by atoms with Crippen LogP contribution in [0.2, 0.25) is 10.0 Å². The lowest BCUT2D eigenvalue weighted by atomic mass is 10.2. The number of sulfonamides is 1. The molecule has 11 heteroatoms. The van der Waals surface area contributed by atoms with Crippen molar-refractivity contribution in [3.8, 4) is 0 Å². The Morgan fingerprint density at radius 2 is 1.73 bits per heavy atom. The van der Waals surface area contributed by atoms with Gasteiger partial charge in [0.05, 0.1) is 22.0 Å². The first-order chi connectivity index (χ1) is 14.2. The van der Waals surface area contributed by atoms with Gasteiger partial charge in [0, 0.05) is 31.2 Å². The maximum absolute atomic E-state index is 13.4. The van der Waals surface area contributed by atoms with E-state index in [0.717, 1.165) is 6.07 Å². The fourth-order valence-electron chi connectivity index (χ4n) is 2.99. The number of piperazine rings is 1. The van der Waals surface area contributed by atoms with E-state index in [4.69, 9.17) is 23.2 Å². The minimum atomic E-state index is -3.84. The number of halogens is 3. The predicted molar refractivity (Wildman–Crippen MR) is 111 cm³/mol. The van der Waals surface area contributed by atoms with Crippen LogP contribution in [0.3, 0.4) is 0 Å². The molecule has 1 heterocycles. The van der Waals surface area contributed by atoms with Crippen LogP contribution in [0.1, 0.15) is 10.4 Å². The van der Waals surface area contributed by atoms with Crippen LogP contribution in [0.15, 0.2) is 47.4 Å². The van der Waals surface area contributed by atoms with Gasteiger partial charge >= 0.3 is 0 Å². The molecule has 0 spiro atoms. The third-order valence-corrected chi connectivity index (χ3v) is 7.04. The number of nitrogens with zero attached hydrogens (tertiary/aromatic N) is 2. The van der Waals surface area contributed by atoms with E-state index in [1.807, 2.05) is 0 Å². The van der Waals surface area contributed by atoms with Crippen LogP contribution < -0.4 is 5.32 Å². The molecule has 0 aliphatic carbocycles. The maximum atomic E-state index is 13.4. The molecule has 30 heavy (non-hydrogen) atoms. The molecule has 1 aliphatic heterocycles. The van der Waals surface area contributed by atoms with Crippen LogP contribution in [0.25, 0.3) is 0 Å². The summed E-state index contributed by atoms with van der Waals surface area (Å²) >= 11 is 11.8. The lowest BCUT2D eigenvalue weighted by Gasteiger charge is -2.34. The molecule has 0 aromatic heterocycles. The summed E-state index contributed by atoms with van der Waals surface area (Å²) in [7, 11) is -3.84. The minimum absolute atomic E-state index is 0.0710. The van der Waals surface area contributed by atoms with E-state index < -0.39 is 21.7 Å². The molecule has 1 aliphatic rings. The summed E-state index contributed by atoms with van der Waals surface area (Å²) in [6.07, 6.45) is 0. The first kappa shape index (κ1) is 22.5. The number of rotatable bonds is 5. The lowest BCUT2D eigenvalue weighted by molar-refractivity contribution is -0.131. The largest absolute Gasteiger partial charge is 0.343 e. The Morgan fingerprint density at radius 3 is 2.37 bits per heavy atom. The fraction of sp³-hybridized carbons (Fsp3) is 0.263. The van der Waals surface area contributed by atoms with Crippen LogP contribution >= 0.6 is 23.2 Å². The van der Waals surface area contributed by atoms with E-state index in [-0.39, 0.29) is 54.1 Å². The molecule has 0 unspecified atom stereocenters. The molecule has 1 N–H and O–H groups in total. The summed E-state index contributed by atoms with van der Waals surface area (Å²) in [4.78, 5) is 25.9. The van der Waals surface area contributed by atoms with Crippen molar-refractivity contribution in [2.45, 2.75) is 4.90 Å². The molecule has 0 radical (unpaired) electrons. The molecule has 160 valence electrons. The zero-order chi connectivity index (χ0) is 21.9. The standard InChI is InChI=1S/C19H18Cl2FN3O4S/c20-13-4-5-16(17(21)10-13)19(27)23-12-18(26)24-6-8-25(9-7-24)30(28,29)15-3-1-2-14(22)11-15/h1-5,10-11H,6-9,12H2,(H,23,27). The molecule has 2 amide bonds. The molecule has 3 rings (SSSR count). The normalized spacial score (nSPS) is 15.1. The van der Waals surface area contributed by atoms with Gasteiger partial charge in [0.1, 0.15) is 5.82 Å². The molecule has 7 nitrogen and oxygen atoms in total. The Hall–Kier alpha value is -2.20. The van der Waals surface area contributed by atoms with Crippen LogP contribution in [0.4, 0.5) is 4.39 Å².